The SMILES string of the molecule is CS(=O)(=O)N1C[C@@H]2CCN(Cc3ccc(Cl)cc3)C[C@]2(CO)C1. The van der Waals surface area contributed by atoms with Crippen molar-refractivity contribution in [2.45, 2.75) is 13.0 Å². The first kappa shape index (κ1) is 17.2. The van der Waals surface area contributed by atoms with Gasteiger partial charge in [0.25, 0.3) is 0 Å². The van der Waals surface area contributed by atoms with Crippen LogP contribution in [0.3, 0.4) is 0 Å². The molecule has 0 amide bonds. The molecule has 1 aromatic rings. The lowest BCUT2D eigenvalue weighted by atomic mass is 9.74. The molecule has 2 aliphatic heterocycles. The number of hydrogen-bond acceptors (Lipinski definition) is 4. The van der Waals surface area contributed by atoms with Gasteiger partial charge in [0, 0.05) is 36.6 Å². The number of aliphatic hydroxyl groups is 1. The smallest absolute Gasteiger partial charge is 0.211 e. The zero-order valence-corrected chi connectivity index (χ0v) is 14.9. The summed E-state index contributed by atoms with van der Waals surface area (Å²) in [5.41, 5.74) is 0.840. The van der Waals surface area contributed by atoms with Gasteiger partial charge in [-0.15, -0.1) is 0 Å². The Morgan fingerprint density at radius 1 is 1.30 bits per heavy atom. The highest BCUT2D eigenvalue weighted by atomic mass is 35.5. The van der Waals surface area contributed by atoms with Gasteiger partial charge in [-0.3, -0.25) is 4.90 Å². The Balaban J connectivity index is 1.73. The van der Waals surface area contributed by atoms with Gasteiger partial charge in [-0.25, -0.2) is 12.7 Å². The van der Waals surface area contributed by atoms with Crippen molar-refractivity contribution in [2.24, 2.45) is 11.3 Å². The molecule has 5 nitrogen and oxygen atoms in total. The van der Waals surface area contributed by atoms with Gasteiger partial charge in [0.2, 0.25) is 10.0 Å². The average Bonchev–Trinajstić information content (AvgIpc) is 2.89. The summed E-state index contributed by atoms with van der Waals surface area (Å²) in [7, 11) is -3.20. The lowest BCUT2D eigenvalue weighted by Crippen LogP contribution is -2.50. The van der Waals surface area contributed by atoms with E-state index in [1.807, 2.05) is 24.3 Å². The molecular weight excluding hydrogens is 336 g/mol. The number of aliphatic hydroxyl groups excluding tert-OH is 1. The fourth-order valence-electron chi connectivity index (χ4n) is 3.89. The normalized spacial score (nSPS) is 29.6. The molecule has 23 heavy (non-hydrogen) atoms. The molecule has 1 N–H and O–H groups in total. The lowest BCUT2D eigenvalue weighted by Gasteiger charge is -2.43. The molecule has 0 radical (unpaired) electrons. The van der Waals surface area contributed by atoms with Crippen molar-refractivity contribution in [3.63, 3.8) is 0 Å². The summed E-state index contributed by atoms with van der Waals surface area (Å²) in [5, 5.41) is 10.7. The van der Waals surface area contributed by atoms with Crippen molar-refractivity contribution in [1.29, 1.82) is 0 Å². The third-order valence-corrected chi connectivity index (χ3v) is 6.69. The molecule has 0 unspecified atom stereocenters. The van der Waals surface area contributed by atoms with Gasteiger partial charge < -0.3 is 5.11 Å². The van der Waals surface area contributed by atoms with Crippen molar-refractivity contribution in [2.75, 3.05) is 39.0 Å². The molecule has 0 spiro atoms. The maximum absolute atomic E-state index is 11.9. The molecule has 2 heterocycles. The summed E-state index contributed by atoms with van der Waals surface area (Å²) in [5.74, 6) is 0.240. The molecule has 2 aliphatic rings. The number of hydrogen-bond donors (Lipinski definition) is 1. The molecule has 0 bridgehead atoms. The largest absolute Gasteiger partial charge is 0.396 e. The number of nitrogens with zero attached hydrogens (tertiary/aromatic N) is 2. The predicted octanol–water partition coefficient (Wildman–Crippen LogP) is 1.42. The number of piperidine rings is 1. The molecule has 0 saturated carbocycles. The summed E-state index contributed by atoms with van der Waals surface area (Å²) >= 11 is 5.92. The minimum atomic E-state index is -3.20. The van der Waals surface area contributed by atoms with Crippen LogP contribution in [-0.4, -0.2) is 61.8 Å². The molecule has 0 aromatic heterocycles. The molecule has 0 aliphatic carbocycles. The number of halogens is 1. The second-order valence-corrected chi connectivity index (χ2v) is 9.32. The first-order valence-electron chi connectivity index (χ1n) is 7.85. The molecule has 2 fully saturated rings. The van der Waals surface area contributed by atoms with E-state index < -0.39 is 10.0 Å². The monoisotopic (exact) mass is 358 g/mol. The fraction of sp³-hybridized carbons (Fsp3) is 0.625. The van der Waals surface area contributed by atoms with Crippen LogP contribution in [-0.2, 0) is 16.6 Å². The number of benzene rings is 1. The zero-order valence-electron chi connectivity index (χ0n) is 13.3. The van der Waals surface area contributed by atoms with Crippen molar-refractivity contribution < 1.29 is 13.5 Å². The van der Waals surface area contributed by atoms with Gasteiger partial charge in [-0.1, -0.05) is 23.7 Å². The fourth-order valence-corrected chi connectivity index (χ4v) is 4.96. The van der Waals surface area contributed by atoms with Crippen LogP contribution in [0, 0.1) is 11.3 Å². The Morgan fingerprint density at radius 3 is 2.61 bits per heavy atom. The van der Waals surface area contributed by atoms with Crippen molar-refractivity contribution in [3.8, 4) is 0 Å². The quantitative estimate of drug-likeness (QED) is 0.884. The molecule has 3 rings (SSSR count). The zero-order chi connectivity index (χ0) is 16.7. The predicted molar refractivity (Wildman–Crippen MR) is 90.8 cm³/mol. The maximum atomic E-state index is 11.9. The van der Waals surface area contributed by atoms with Crippen LogP contribution in [0.2, 0.25) is 5.02 Å². The Hall–Kier alpha value is -0.660. The van der Waals surface area contributed by atoms with E-state index in [0.29, 0.717) is 13.1 Å². The highest BCUT2D eigenvalue weighted by Crippen LogP contribution is 2.42. The van der Waals surface area contributed by atoms with E-state index in [4.69, 9.17) is 11.6 Å². The van der Waals surface area contributed by atoms with Crippen LogP contribution in [0.4, 0.5) is 0 Å². The topological polar surface area (TPSA) is 60.9 Å². The van der Waals surface area contributed by atoms with Gasteiger partial charge in [-0.2, -0.15) is 0 Å². The highest BCUT2D eigenvalue weighted by Gasteiger charge is 2.51. The first-order chi connectivity index (χ1) is 10.8. The van der Waals surface area contributed by atoms with Crippen LogP contribution < -0.4 is 0 Å². The second kappa shape index (κ2) is 6.33. The van der Waals surface area contributed by atoms with Gasteiger partial charge in [-0.05, 0) is 36.6 Å². The van der Waals surface area contributed by atoms with Gasteiger partial charge in [0.05, 0.1) is 12.9 Å². The van der Waals surface area contributed by atoms with Crippen molar-refractivity contribution in [3.05, 3.63) is 34.9 Å². The number of rotatable bonds is 4. The summed E-state index contributed by atoms with van der Waals surface area (Å²) in [6.07, 6.45) is 2.17. The number of sulfonamides is 1. The maximum Gasteiger partial charge on any atom is 0.211 e. The minimum Gasteiger partial charge on any atom is -0.396 e. The van der Waals surface area contributed by atoms with Crippen LogP contribution >= 0.6 is 11.6 Å². The Kier molecular flexibility index (Phi) is 4.73. The molecule has 2 saturated heterocycles. The van der Waals surface area contributed by atoms with Crippen LogP contribution in [0.15, 0.2) is 24.3 Å². The summed E-state index contributed by atoms with van der Waals surface area (Å²) in [4.78, 5) is 2.31. The Bertz CT molecular complexity index is 664. The van der Waals surface area contributed by atoms with E-state index in [9.17, 15) is 13.5 Å². The molecule has 7 heteroatoms. The number of likely N-dealkylation sites (tertiary alicyclic amines) is 1. The molecule has 2 atom stereocenters. The average molecular weight is 359 g/mol. The van der Waals surface area contributed by atoms with E-state index in [-0.39, 0.29) is 17.9 Å². The molecular formula is C16H23ClN2O3S. The third-order valence-electron chi connectivity index (χ3n) is 5.22. The lowest BCUT2D eigenvalue weighted by molar-refractivity contribution is 0.00883. The van der Waals surface area contributed by atoms with Gasteiger partial charge >= 0.3 is 0 Å². The van der Waals surface area contributed by atoms with Crippen LogP contribution in [0.5, 0.6) is 0 Å². The molecule has 1 aromatic carbocycles. The van der Waals surface area contributed by atoms with Crippen molar-refractivity contribution in [1.82, 2.24) is 9.21 Å². The summed E-state index contributed by atoms with van der Waals surface area (Å²) < 4.78 is 25.2. The summed E-state index contributed by atoms with van der Waals surface area (Å²) in [6, 6.07) is 7.79. The Morgan fingerprint density at radius 2 is 2.00 bits per heavy atom. The van der Waals surface area contributed by atoms with E-state index in [2.05, 4.69) is 4.90 Å². The van der Waals surface area contributed by atoms with E-state index in [1.54, 1.807) is 0 Å². The van der Waals surface area contributed by atoms with Crippen LogP contribution in [0.1, 0.15) is 12.0 Å². The first-order valence-corrected chi connectivity index (χ1v) is 10.1. The number of fused-ring (bicyclic) bond motifs is 1. The van der Waals surface area contributed by atoms with Gasteiger partial charge in [0.15, 0.2) is 0 Å². The standard InChI is InChI=1S/C16H23ClN2O3S/c1-23(21,22)19-9-14-6-7-18(10-16(14,11-19)12-20)8-13-2-4-15(17)5-3-13/h2-5,14,20H,6-12H2,1H3/t14-,16+/m0/s1. The third kappa shape index (κ3) is 3.56. The van der Waals surface area contributed by atoms with Crippen LogP contribution in [0.25, 0.3) is 0 Å². The minimum absolute atomic E-state index is 0.0286. The highest BCUT2D eigenvalue weighted by molar-refractivity contribution is 7.88. The van der Waals surface area contributed by atoms with E-state index in [1.165, 1.54) is 16.1 Å². The van der Waals surface area contributed by atoms with Crippen molar-refractivity contribution >= 4 is 21.6 Å². The Labute approximate surface area is 142 Å². The summed E-state index contributed by atoms with van der Waals surface area (Å²) in [6.45, 7) is 3.43. The molecule has 128 valence electrons. The van der Waals surface area contributed by atoms with E-state index >= 15 is 0 Å². The van der Waals surface area contributed by atoms with E-state index in [0.717, 1.165) is 31.1 Å². The second-order valence-electron chi connectivity index (χ2n) is 6.90. The van der Waals surface area contributed by atoms with Gasteiger partial charge in [0.1, 0.15) is 0 Å².